The summed E-state index contributed by atoms with van der Waals surface area (Å²) in [5, 5.41) is 30.5. The molecule has 40 heavy (non-hydrogen) atoms. The van der Waals surface area contributed by atoms with Crippen LogP contribution < -0.4 is 4.74 Å². The van der Waals surface area contributed by atoms with Gasteiger partial charge in [0, 0.05) is 31.1 Å². The Hall–Kier alpha value is -3.07. The number of likely N-dealkylation sites (tertiary alicyclic amines) is 1. The molecule has 0 radical (unpaired) electrons. The normalized spacial score (nSPS) is 18.8. The Bertz CT molecular complexity index is 1230. The van der Waals surface area contributed by atoms with E-state index in [4.69, 9.17) is 4.74 Å². The molecule has 0 amide bonds. The summed E-state index contributed by atoms with van der Waals surface area (Å²) in [4.78, 5) is 40.1. The number of methoxy groups -OCH3 is 1. The molecule has 1 aliphatic carbocycles. The number of fused-ring (bicyclic) bond motifs is 1. The number of rotatable bonds is 13. The van der Waals surface area contributed by atoms with Crippen molar-refractivity contribution in [3.63, 3.8) is 0 Å². The van der Waals surface area contributed by atoms with Gasteiger partial charge in [0.15, 0.2) is 5.78 Å². The Kier molecular flexibility index (Phi) is 10.1. The summed E-state index contributed by atoms with van der Waals surface area (Å²) in [6, 6.07) is 9.52. The Morgan fingerprint density at radius 1 is 1.07 bits per heavy atom. The number of hydrogen-bond acceptors (Lipinski definition) is 8. The van der Waals surface area contributed by atoms with Crippen LogP contribution in [0.1, 0.15) is 66.9 Å². The van der Waals surface area contributed by atoms with Gasteiger partial charge in [-0.1, -0.05) is 12.1 Å². The Morgan fingerprint density at radius 3 is 2.48 bits per heavy atom. The molecular weight excluding hydrogens is 510 g/mol. The highest BCUT2D eigenvalue weighted by atomic mass is 16.5. The third kappa shape index (κ3) is 6.79. The second kappa shape index (κ2) is 13.5. The van der Waals surface area contributed by atoms with E-state index in [2.05, 4.69) is 17.0 Å². The third-order valence-corrected chi connectivity index (χ3v) is 8.43. The van der Waals surface area contributed by atoms with E-state index in [1.807, 2.05) is 12.1 Å². The molecule has 216 valence electrons. The van der Waals surface area contributed by atoms with Crippen molar-refractivity contribution in [2.24, 2.45) is 17.8 Å². The van der Waals surface area contributed by atoms with Crippen molar-refractivity contribution in [1.29, 1.82) is 0 Å². The van der Waals surface area contributed by atoms with Gasteiger partial charge in [-0.05, 0) is 98.8 Å². The van der Waals surface area contributed by atoms with Crippen molar-refractivity contribution < 1.29 is 34.4 Å². The molecule has 1 aliphatic heterocycles. The Morgan fingerprint density at radius 2 is 1.82 bits per heavy atom. The minimum atomic E-state index is -0.779. The molecule has 2 aromatic carbocycles. The summed E-state index contributed by atoms with van der Waals surface area (Å²) in [5.41, 5.74) is 3.91. The van der Waals surface area contributed by atoms with E-state index < -0.39 is 12.5 Å². The Labute approximate surface area is 236 Å². The first-order chi connectivity index (χ1) is 19.2. The smallest absolute Gasteiger partial charge is 0.167 e. The highest BCUT2D eigenvalue weighted by molar-refractivity contribution is 6.03. The number of carbonyl (C=O) groups is 3. The maximum absolute atomic E-state index is 13.4. The van der Waals surface area contributed by atoms with Gasteiger partial charge in [-0.25, -0.2) is 0 Å². The summed E-state index contributed by atoms with van der Waals surface area (Å²) in [7, 11) is 1.62. The quantitative estimate of drug-likeness (QED) is 0.320. The number of benzene rings is 2. The zero-order valence-corrected chi connectivity index (χ0v) is 23.5. The van der Waals surface area contributed by atoms with E-state index in [0.29, 0.717) is 24.2 Å². The number of Topliss-reactive ketones (excluding diaryl/α,β-unsaturated/α-hetero) is 3. The van der Waals surface area contributed by atoms with Crippen LogP contribution in [0.4, 0.5) is 0 Å². The fraction of sp³-hybridized carbons (Fsp3) is 0.531. The molecule has 8 nitrogen and oxygen atoms in total. The first-order valence-corrected chi connectivity index (χ1v) is 14.3. The number of aliphatic hydroxyl groups is 2. The third-order valence-electron chi connectivity index (χ3n) is 8.43. The van der Waals surface area contributed by atoms with Gasteiger partial charge in [0.25, 0.3) is 0 Å². The van der Waals surface area contributed by atoms with E-state index in [9.17, 15) is 29.7 Å². The molecule has 0 saturated carbocycles. The van der Waals surface area contributed by atoms with Crippen LogP contribution in [0.3, 0.4) is 0 Å². The van der Waals surface area contributed by atoms with Crippen molar-refractivity contribution in [3.05, 3.63) is 47.0 Å². The van der Waals surface area contributed by atoms with Gasteiger partial charge in [-0.2, -0.15) is 0 Å². The lowest BCUT2D eigenvalue weighted by Gasteiger charge is -2.32. The lowest BCUT2D eigenvalue weighted by atomic mass is 9.72. The van der Waals surface area contributed by atoms with Crippen LogP contribution >= 0.6 is 0 Å². The zero-order chi connectivity index (χ0) is 28.8. The fourth-order valence-corrected chi connectivity index (χ4v) is 6.53. The second-order valence-electron chi connectivity index (χ2n) is 11.3. The number of nitrogens with zero attached hydrogens (tertiary/aromatic N) is 1. The van der Waals surface area contributed by atoms with Gasteiger partial charge < -0.3 is 20.1 Å². The highest BCUT2D eigenvalue weighted by Gasteiger charge is 2.35. The van der Waals surface area contributed by atoms with Gasteiger partial charge >= 0.3 is 0 Å². The van der Waals surface area contributed by atoms with Gasteiger partial charge in [-0.3, -0.25) is 19.3 Å². The van der Waals surface area contributed by atoms with Crippen molar-refractivity contribution >= 4 is 17.3 Å². The molecule has 0 aromatic heterocycles. The molecule has 2 aromatic rings. The molecule has 2 aliphatic rings. The van der Waals surface area contributed by atoms with Crippen LogP contribution in [0.2, 0.25) is 0 Å². The van der Waals surface area contributed by atoms with Gasteiger partial charge in [0.1, 0.15) is 23.1 Å². The standard InChI is InChI=1S/C32H41NO7/c1-20(36)13-29(38)27(19-35)23(9-12-34)14-22-16-26-24(6-7-28(37)32(26)30(39)17-22)25-15-21(5-8-31(25)40-2)18-33-10-3-4-11-33/h5-8,15,22-23,27,34-35,37H,3-4,9-14,16-19H2,1-2H3. The molecule has 4 rings (SSSR count). The number of ether oxygens (including phenoxy) is 1. The van der Waals surface area contributed by atoms with Crippen molar-refractivity contribution in [3.8, 4) is 22.6 Å². The van der Waals surface area contributed by atoms with Crippen LogP contribution in [0.5, 0.6) is 11.5 Å². The van der Waals surface area contributed by atoms with E-state index >= 15 is 0 Å². The number of ketones is 3. The summed E-state index contributed by atoms with van der Waals surface area (Å²) in [6.45, 7) is 3.74. The van der Waals surface area contributed by atoms with Crippen molar-refractivity contribution in [2.45, 2.75) is 58.4 Å². The van der Waals surface area contributed by atoms with E-state index in [0.717, 1.165) is 41.9 Å². The monoisotopic (exact) mass is 551 g/mol. The summed E-state index contributed by atoms with van der Waals surface area (Å²) in [6.07, 6.45) is 3.54. The summed E-state index contributed by atoms with van der Waals surface area (Å²) in [5.74, 6) is -1.46. The van der Waals surface area contributed by atoms with Crippen LogP contribution in [0.15, 0.2) is 30.3 Å². The number of aliphatic hydroxyl groups excluding tert-OH is 2. The van der Waals surface area contributed by atoms with Crippen LogP contribution in [-0.2, 0) is 22.6 Å². The fourth-order valence-electron chi connectivity index (χ4n) is 6.53. The molecule has 8 heteroatoms. The number of carbonyl (C=O) groups excluding carboxylic acids is 3. The lowest BCUT2D eigenvalue weighted by molar-refractivity contribution is -0.131. The molecule has 1 fully saturated rings. The van der Waals surface area contributed by atoms with E-state index in [1.54, 1.807) is 13.2 Å². The number of phenolic OH excluding ortho intramolecular Hbond substituents is 1. The molecule has 3 N–H and O–H groups in total. The first kappa shape index (κ1) is 29.9. The molecule has 3 unspecified atom stereocenters. The van der Waals surface area contributed by atoms with Gasteiger partial charge in [0.05, 0.1) is 25.7 Å². The predicted molar refractivity (Wildman–Crippen MR) is 151 cm³/mol. The second-order valence-corrected chi connectivity index (χ2v) is 11.3. The minimum Gasteiger partial charge on any atom is -0.507 e. The minimum absolute atomic E-state index is 0.0498. The summed E-state index contributed by atoms with van der Waals surface area (Å²) >= 11 is 0. The maximum atomic E-state index is 13.4. The SMILES string of the molecule is COc1ccc(CN2CCCC2)cc1-c1ccc(O)c2c1CC(CC(CCO)C(CO)C(=O)CC(C)=O)CC2=O. The van der Waals surface area contributed by atoms with E-state index in [-0.39, 0.29) is 60.8 Å². The van der Waals surface area contributed by atoms with Gasteiger partial charge in [0.2, 0.25) is 0 Å². The number of aromatic hydroxyl groups is 1. The highest BCUT2D eigenvalue weighted by Crippen LogP contribution is 2.43. The molecule has 0 bridgehead atoms. The molecule has 3 atom stereocenters. The predicted octanol–water partition coefficient (Wildman–Crippen LogP) is 3.95. The first-order valence-electron chi connectivity index (χ1n) is 14.3. The average molecular weight is 552 g/mol. The van der Waals surface area contributed by atoms with Crippen LogP contribution in [0, 0.1) is 17.8 Å². The zero-order valence-electron chi connectivity index (χ0n) is 23.5. The topological polar surface area (TPSA) is 124 Å². The van der Waals surface area contributed by atoms with Crippen molar-refractivity contribution in [1.82, 2.24) is 4.90 Å². The van der Waals surface area contributed by atoms with E-state index in [1.165, 1.54) is 19.8 Å². The van der Waals surface area contributed by atoms with Crippen LogP contribution in [0.25, 0.3) is 11.1 Å². The summed E-state index contributed by atoms with van der Waals surface area (Å²) < 4.78 is 5.72. The average Bonchev–Trinajstić information content (AvgIpc) is 3.42. The molecule has 0 spiro atoms. The largest absolute Gasteiger partial charge is 0.507 e. The Balaban J connectivity index is 1.67. The van der Waals surface area contributed by atoms with Gasteiger partial charge in [-0.15, -0.1) is 0 Å². The number of hydrogen-bond donors (Lipinski definition) is 3. The molecular formula is C32H41NO7. The number of phenols is 1. The maximum Gasteiger partial charge on any atom is 0.167 e. The lowest BCUT2D eigenvalue weighted by Crippen LogP contribution is -2.32. The molecule has 1 heterocycles. The molecule has 1 saturated heterocycles. The van der Waals surface area contributed by atoms with Crippen molar-refractivity contribution in [2.75, 3.05) is 33.4 Å². The van der Waals surface area contributed by atoms with Crippen LogP contribution in [-0.4, -0.2) is 71.0 Å².